The molecular weight excluding hydrogens is 286 g/mol. The van der Waals surface area contributed by atoms with Crippen LogP contribution in [0.25, 0.3) is 16.3 Å². The van der Waals surface area contributed by atoms with Gasteiger partial charge in [0, 0.05) is 16.5 Å². The molecule has 0 fully saturated rings. The summed E-state index contributed by atoms with van der Waals surface area (Å²) in [4.78, 5) is 13.1. The predicted molar refractivity (Wildman–Crippen MR) is 93.8 cm³/mol. The second kappa shape index (κ2) is 5.26. The van der Waals surface area contributed by atoms with E-state index >= 15 is 0 Å². The Morgan fingerprint density at radius 1 is 1.30 bits per heavy atom. The van der Waals surface area contributed by atoms with E-state index in [1.165, 1.54) is 11.3 Å². The van der Waals surface area contributed by atoms with E-state index in [-0.39, 0.29) is 11.3 Å². The lowest BCUT2D eigenvalue weighted by Crippen LogP contribution is -2.22. The summed E-state index contributed by atoms with van der Waals surface area (Å²) in [6.45, 7) is 4.38. The fraction of sp³-hybridized carbons (Fsp3) is 0.450. The van der Waals surface area contributed by atoms with Crippen molar-refractivity contribution in [3.63, 3.8) is 0 Å². The van der Waals surface area contributed by atoms with Gasteiger partial charge in [-0.1, -0.05) is 32.4 Å². The lowest BCUT2D eigenvalue weighted by Gasteiger charge is -2.19. The summed E-state index contributed by atoms with van der Waals surface area (Å²) in [5.41, 5.74) is 4.00. The van der Waals surface area contributed by atoms with E-state index in [4.69, 9.17) is 0 Å². The molecule has 0 aliphatic heterocycles. The number of fused-ring (bicyclic) bond motifs is 3. The van der Waals surface area contributed by atoms with Gasteiger partial charge in [-0.3, -0.25) is 9.20 Å². The van der Waals surface area contributed by atoms with Gasteiger partial charge >= 0.3 is 0 Å². The van der Waals surface area contributed by atoms with E-state index in [0.717, 1.165) is 48.4 Å². The van der Waals surface area contributed by atoms with Crippen LogP contribution in [0.15, 0.2) is 23.0 Å². The number of aromatic nitrogens is 1. The first-order valence-corrected chi connectivity index (χ1v) is 8.75. The largest absolute Gasteiger partial charge is 0.507 e. The van der Waals surface area contributed by atoms with Crippen LogP contribution in [-0.4, -0.2) is 9.51 Å². The van der Waals surface area contributed by atoms with Crippen LogP contribution in [0.4, 0.5) is 0 Å². The average Bonchev–Trinajstić information content (AvgIpc) is 2.87. The molecule has 0 spiro atoms. The number of rotatable bonds is 3. The van der Waals surface area contributed by atoms with Gasteiger partial charge in [0.1, 0.15) is 5.75 Å². The van der Waals surface area contributed by atoms with E-state index in [1.54, 1.807) is 0 Å². The number of nitrogens with zero attached hydrogens (tertiary/aromatic N) is 1. The van der Waals surface area contributed by atoms with Crippen molar-refractivity contribution in [1.29, 1.82) is 0 Å². The minimum absolute atomic E-state index is 0.00421. The molecule has 0 saturated heterocycles. The Kier molecular flexibility index (Phi) is 3.33. The topological polar surface area (TPSA) is 41.7 Å². The summed E-state index contributed by atoms with van der Waals surface area (Å²) < 4.78 is 1.91. The Morgan fingerprint density at radius 3 is 2.87 bits per heavy atom. The van der Waals surface area contributed by atoms with Gasteiger partial charge in [-0.25, -0.2) is 0 Å². The van der Waals surface area contributed by atoms with Crippen molar-refractivity contribution in [2.75, 3.05) is 0 Å². The third kappa shape index (κ3) is 1.99. The maximum absolute atomic E-state index is 13.1. The third-order valence-corrected chi connectivity index (χ3v) is 5.41. The summed E-state index contributed by atoms with van der Waals surface area (Å²) >= 11 is 0. The molecule has 3 heteroatoms. The molecule has 0 bridgehead atoms. The predicted octanol–water partition coefficient (Wildman–Crippen LogP) is 4.06. The molecule has 120 valence electrons. The molecule has 23 heavy (non-hydrogen) atoms. The summed E-state index contributed by atoms with van der Waals surface area (Å²) in [5.74, 6) is 0.853. The maximum atomic E-state index is 13.1. The Bertz CT molecular complexity index is 938. The van der Waals surface area contributed by atoms with Crippen molar-refractivity contribution in [2.45, 2.75) is 52.4 Å². The molecule has 0 unspecified atom stereocenters. The van der Waals surface area contributed by atoms with Crippen LogP contribution in [-0.2, 0) is 19.3 Å². The minimum Gasteiger partial charge on any atom is -0.507 e. The second-order valence-electron chi connectivity index (χ2n) is 7.05. The molecule has 1 aliphatic carbocycles. The standard InChI is InChI=1S/C20H23NO2/c1-3-4-6-15-19(22)14-8-5-7-13-16-11-12(2)9-10-17(16)21(18(13)14)20(15)23/h5,7-8,12,22H,3-4,6,9-11H2,1-2H3/t12-/m0/s1. The zero-order valence-corrected chi connectivity index (χ0v) is 13.9. The van der Waals surface area contributed by atoms with Gasteiger partial charge in [-0.15, -0.1) is 0 Å². The van der Waals surface area contributed by atoms with Crippen LogP contribution in [0.1, 0.15) is 49.9 Å². The summed E-state index contributed by atoms with van der Waals surface area (Å²) in [6, 6.07) is 6.05. The number of para-hydroxylation sites is 1. The Labute approximate surface area is 135 Å². The number of pyridine rings is 1. The average molecular weight is 309 g/mol. The fourth-order valence-corrected chi connectivity index (χ4v) is 4.17. The molecule has 0 radical (unpaired) electrons. The molecule has 1 aromatic carbocycles. The van der Waals surface area contributed by atoms with Crippen molar-refractivity contribution >= 4 is 16.3 Å². The van der Waals surface area contributed by atoms with Crippen molar-refractivity contribution in [2.24, 2.45) is 5.92 Å². The third-order valence-electron chi connectivity index (χ3n) is 5.41. The van der Waals surface area contributed by atoms with Gasteiger partial charge in [-0.05, 0) is 49.7 Å². The van der Waals surface area contributed by atoms with Gasteiger partial charge in [0.05, 0.1) is 11.1 Å². The van der Waals surface area contributed by atoms with Crippen LogP contribution >= 0.6 is 0 Å². The molecule has 0 amide bonds. The lowest BCUT2D eigenvalue weighted by molar-refractivity contribution is 0.470. The van der Waals surface area contributed by atoms with Gasteiger partial charge in [0.15, 0.2) is 0 Å². The molecule has 2 aromatic heterocycles. The van der Waals surface area contributed by atoms with Crippen molar-refractivity contribution < 1.29 is 5.11 Å². The van der Waals surface area contributed by atoms with Crippen LogP contribution in [0, 0.1) is 5.92 Å². The Hall–Kier alpha value is -2.03. The zero-order chi connectivity index (χ0) is 16.1. The van der Waals surface area contributed by atoms with Gasteiger partial charge in [0.2, 0.25) is 0 Å². The first kappa shape index (κ1) is 14.6. The number of aromatic hydroxyl groups is 1. The molecule has 4 rings (SSSR count). The van der Waals surface area contributed by atoms with E-state index < -0.39 is 0 Å². The van der Waals surface area contributed by atoms with Crippen LogP contribution in [0.5, 0.6) is 5.75 Å². The van der Waals surface area contributed by atoms with Crippen molar-refractivity contribution in [3.05, 3.63) is 45.4 Å². The number of hydrogen-bond acceptors (Lipinski definition) is 2. The normalized spacial score (nSPS) is 17.9. The molecule has 1 aliphatic rings. The van der Waals surface area contributed by atoms with E-state index in [1.807, 2.05) is 16.5 Å². The maximum Gasteiger partial charge on any atom is 0.262 e. The molecule has 1 N–H and O–H groups in total. The molecule has 3 aromatic rings. The molecule has 3 nitrogen and oxygen atoms in total. The summed E-state index contributed by atoms with van der Waals surface area (Å²) in [7, 11) is 0. The Balaban J connectivity index is 2.12. The quantitative estimate of drug-likeness (QED) is 0.792. The van der Waals surface area contributed by atoms with E-state index in [9.17, 15) is 9.90 Å². The molecule has 1 atom stereocenters. The zero-order valence-electron chi connectivity index (χ0n) is 13.9. The Morgan fingerprint density at radius 2 is 2.09 bits per heavy atom. The lowest BCUT2D eigenvalue weighted by atomic mass is 9.88. The van der Waals surface area contributed by atoms with E-state index in [0.29, 0.717) is 17.9 Å². The number of unbranched alkanes of at least 4 members (excludes halogenated alkanes) is 1. The van der Waals surface area contributed by atoms with E-state index in [2.05, 4.69) is 19.9 Å². The highest BCUT2D eigenvalue weighted by molar-refractivity contribution is 6.02. The van der Waals surface area contributed by atoms with Crippen LogP contribution in [0.3, 0.4) is 0 Å². The van der Waals surface area contributed by atoms with Crippen molar-refractivity contribution in [3.8, 4) is 5.75 Å². The SMILES string of the molecule is CCCCc1c(O)c2cccc3c4c(n(c1=O)c23)CC[C@H](C)C4. The van der Waals surface area contributed by atoms with Gasteiger partial charge in [0.25, 0.3) is 5.56 Å². The molecule has 0 saturated carbocycles. The highest BCUT2D eigenvalue weighted by Gasteiger charge is 2.26. The van der Waals surface area contributed by atoms with Crippen LogP contribution < -0.4 is 5.56 Å². The highest BCUT2D eigenvalue weighted by Crippen LogP contribution is 2.38. The summed E-state index contributed by atoms with van der Waals surface area (Å²) in [6.07, 6.45) is 5.71. The second-order valence-corrected chi connectivity index (χ2v) is 7.05. The molecular formula is C20H23NO2. The number of hydrogen-bond donors (Lipinski definition) is 1. The van der Waals surface area contributed by atoms with Gasteiger partial charge in [-0.2, -0.15) is 0 Å². The number of benzene rings is 1. The minimum atomic E-state index is -0.00421. The first-order valence-electron chi connectivity index (χ1n) is 8.75. The summed E-state index contributed by atoms with van der Waals surface area (Å²) in [5, 5.41) is 12.7. The first-order chi connectivity index (χ1) is 11.1. The van der Waals surface area contributed by atoms with Gasteiger partial charge < -0.3 is 5.11 Å². The van der Waals surface area contributed by atoms with Crippen LogP contribution in [0.2, 0.25) is 0 Å². The molecule has 2 heterocycles. The fourth-order valence-electron chi connectivity index (χ4n) is 4.17. The monoisotopic (exact) mass is 309 g/mol. The number of aryl methyl sites for hydroxylation is 1. The highest BCUT2D eigenvalue weighted by atomic mass is 16.3. The smallest absolute Gasteiger partial charge is 0.262 e. The van der Waals surface area contributed by atoms with Crippen molar-refractivity contribution in [1.82, 2.24) is 4.40 Å².